The minimum Gasteiger partial charge on any atom is -0.377 e. The van der Waals surface area contributed by atoms with Crippen LogP contribution in [0.4, 0.5) is 0 Å². The summed E-state index contributed by atoms with van der Waals surface area (Å²) < 4.78 is 15.0. The number of nitrogens with two attached hydrogens (primary N) is 2. The largest absolute Gasteiger partial charge is 0.377 e. The van der Waals surface area contributed by atoms with Crippen molar-refractivity contribution in [3.63, 3.8) is 0 Å². The Labute approximate surface area is 88.9 Å². The number of ether oxygens (including phenoxy) is 3. The van der Waals surface area contributed by atoms with E-state index in [-0.39, 0.29) is 13.2 Å². The van der Waals surface area contributed by atoms with Crippen LogP contribution in [-0.4, -0.2) is 62.3 Å². The third-order valence-electron chi connectivity index (χ3n) is 1.32. The molecule has 0 aromatic rings. The van der Waals surface area contributed by atoms with Crippen LogP contribution >= 0.6 is 0 Å². The molecule has 0 amide bonds. The highest BCUT2D eigenvalue weighted by Crippen LogP contribution is 1.82. The van der Waals surface area contributed by atoms with Crippen molar-refractivity contribution >= 4 is 0 Å². The van der Waals surface area contributed by atoms with Crippen molar-refractivity contribution < 1.29 is 24.4 Å². The zero-order valence-corrected chi connectivity index (χ0v) is 8.67. The molecule has 7 heteroatoms. The zero-order chi connectivity index (χ0) is 11.5. The molecule has 0 heterocycles. The summed E-state index contributed by atoms with van der Waals surface area (Å²) in [6, 6.07) is 0. The van der Waals surface area contributed by atoms with E-state index in [1.807, 2.05) is 0 Å². The smallest absolute Gasteiger partial charge is 0.126 e. The first-order valence-electron chi connectivity index (χ1n) is 4.73. The Hall–Kier alpha value is -0.280. The lowest BCUT2D eigenvalue weighted by Crippen LogP contribution is -2.26. The summed E-state index contributed by atoms with van der Waals surface area (Å²) in [6.45, 7) is 1.74. The van der Waals surface area contributed by atoms with Crippen molar-refractivity contribution in [2.45, 2.75) is 12.5 Å². The third kappa shape index (κ3) is 13.7. The van der Waals surface area contributed by atoms with Crippen LogP contribution in [0.3, 0.4) is 0 Å². The van der Waals surface area contributed by atoms with Gasteiger partial charge in [0.15, 0.2) is 0 Å². The molecule has 15 heavy (non-hydrogen) atoms. The molecule has 92 valence electrons. The standard InChI is InChI=1S/C8H20N2O5/c9-7(11)5-14-3-1-13-2-4-15-6-8(10)12/h7-8,11-12H,1-6,9-10H2. The van der Waals surface area contributed by atoms with Crippen LogP contribution in [0.1, 0.15) is 0 Å². The second kappa shape index (κ2) is 10.2. The predicted octanol–water partition coefficient (Wildman–Crippen LogP) is -2.41. The minimum absolute atomic E-state index is 0.0965. The molecule has 7 nitrogen and oxygen atoms in total. The van der Waals surface area contributed by atoms with Crippen molar-refractivity contribution in [2.75, 3.05) is 39.6 Å². The first-order chi connectivity index (χ1) is 7.13. The second-order valence-electron chi connectivity index (χ2n) is 2.90. The third-order valence-corrected chi connectivity index (χ3v) is 1.32. The molecule has 0 aromatic carbocycles. The Morgan fingerprint density at radius 1 is 0.733 bits per heavy atom. The summed E-state index contributed by atoms with van der Waals surface area (Å²) in [6.07, 6.45) is -1.89. The lowest BCUT2D eigenvalue weighted by Gasteiger charge is -2.08. The summed E-state index contributed by atoms with van der Waals surface area (Å²) in [5.74, 6) is 0. The van der Waals surface area contributed by atoms with Gasteiger partial charge in [-0.25, -0.2) is 0 Å². The first kappa shape index (κ1) is 14.7. The Balaban J connectivity index is 2.93. The van der Waals surface area contributed by atoms with Gasteiger partial charge in [0.2, 0.25) is 0 Å². The molecule has 0 bridgehead atoms. The summed E-state index contributed by atoms with van der Waals surface area (Å²) in [5, 5.41) is 17.3. The van der Waals surface area contributed by atoms with E-state index in [4.69, 9.17) is 35.9 Å². The summed E-state index contributed by atoms with van der Waals surface area (Å²) >= 11 is 0. The van der Waals surface area contributed by atoms with Crippen molar-refractivity contribution in [3.8, 4) is 0 Å². The topological polar surface area (TPSA) is 120 Å². The first-order valence-corrected chi connectivity index (χ1v) is 4.73. The van der Waals surface area contributed by atoms with Gasteiger partial charge in [-0.1, -0.05) is 0 Å². The molecule has 0 aliphatic heterocycles. The highest BCUT2D eigenvalue weighted by Gasteiger charge is 1.96. The van der Waals surface area contributed by atoms with Crippen molar-refractivity contribution in [1.82, 2.24) is 0 Å². The number of aliphatic hydroxyl groups excluding tert-OH is 2. The molecule has 0 saturated carbocycles. The maximum Gasteiger partial charge on any atom is 0.126 e. The van der Waals surface area contributed by atoms with Gasteiger partial charge < -0.3 is 35.9 Å². The van der Waals surface area contributed by atoms with Crippen LogP contribution in [0.25, 0.3) is 0 Å². The van der Waals surface area contributed by atoms with Crippen molar-refractivity contribution in [2.24, 2.45) is 11.5 Å². The monoisotopic (exact) mass is 224 g/mol. The lowest BCUT2D eigenvalue weighted by molar-refractivity contribution is -0.0197. The van der Waals surface area contributed by atoms with Crippen molar-refractivity contribution in [1.29, 1.82) is 0 Å². The van der Waals surface area contributed by atoms with Crippen LogP contribution in [-0.2, 0) is 14.2 Å². The van der Waals surface area contributed by atoms with E-state index < -0.39 is 12.5 Å². The summed E-state index contributed by atoms with van der Waals surface area (Å²) in [7, 11) is 0. The fourth-order valence-electron chi connectivity index (χ4n) is 0.746. The van der Waals surface area contributed by atoms with Gasteiger partial charge in [-0.3, -0.25) is 0 Å². The van der Waals surface area contributed by atoms with E-state index >= 15 is 0 Å². The SMILES string of the molecule is NC(O)COCCOCCOCC(N)O. The number of hydrogen-bond acceptors (Lipinski definition) is 7. The van der Waals surface area contributed by atoms with Gasteiger partial charge in [-0.15, -0.1) is 0 Å². The van der Waals surface area contributed by atoms with Crippen LogP contribution in [0.5, 0.6) is 0 Å². The predicted molar refractivity (Wildman–Crippen MR) is 52.8 cm³/mol. The van der Waals surface area contributed by atoms with E-state index in [1.165, 1.54) is 0 Å². The molecular weight excluding hydrogens is 204 g/mol. The van der Waals surface area contributed by atoms with Crippen molar-refractivity contribution in [3.05, 3.63) is 0 Å². The van der Waals surface area contributed by atoms with Gasteiger partial charge >= 0.3 is 0 Å². The average molecular weight is 224 g/mol. The fourth-order valence-corrected chi connectivity index (χ4v) is 0.746. The Kier molecular flexibility index (Phi) is 10.1. The van der Waals surface area contributed by atoms with Crippen LogP contribution in [0.15, 0.2) is 0 Å². The van der Waals surface area contributed by atoms with Gasteiger partial charge in [0.1, 0.15) is 12.5 Å². The van der Waals surface area contributed by atoms with E-state index in [2.05, 4.69) is 0 Å². The highest BCUT2D eigenvalue weighted by atomic mass is 16.5. The number of hydrogen-bond donors (Lipinski definition) is 4. The number of aliphatic hydroxyl groups is 2. The number of rotatable bonds is 10. The summed E-state index contributed by atoms with van der Waals surface area (Å²) in [5.41, 5.74) is 10.1. The highest BCUT2D eigenvalue weighted by molar-refractivity contribution is 4.40. The molecule has 0 aliphatic rings. The van der Waals surface area contributed by atoms with Gasteiger partial charge in [0.25, 0.3) is 0 Å². The fraction of sp³-hybridized carbons (Fsp3) is 1.00. The van der Waals surface area contributed by atoms with Gasteiger partial charge in [0.05, 0.1) is 39.6 Å². The van der Waals surface area contributed by atoms with Gasteiger partial charge in [-0.2, -0.15) is 0 Å². The zero-order valence-electron chi connectivity index (χ0n) is 8.67. The molecule has 0 saturated heterocycles. The van der Waals surface area contributed by atoms with Crippen LogP contribution < -0.4 is 11.5 Å². The molecule has 2 atom stereocenters. The van der Waals surface area contributed by atoms with Crippen LogP contribution in [0, 0.1) is 0 Å². The molecule has 0 rings (SSSR count). The van der Waals surface area contributed by atoms with Gasteiger partial charge in [0, 0.05) is 0 Å². The Morgan fingerprint density at radius 3 is 1.40 bits per heavy atom. The van der Waals surface area contributed by atoms with E-state index in [9.17, 15) is 0 Å². The van der Waals surface area contributed by atoms with E-state index in [1.54, 1.807) is 0 Å². The second-order valence-corrected chi connectivity index (χ2v) is 2.90. The molecule has 0 aliphatic carbocycles. The maximum atomic E-state index is 8.63. The molecule has 2 unspecified atom stereocenters. The molecule has 0 fully saturated rings. The lowest BCUT2D eigenvalue weighted by atomic mass is 10.6. The molecule has 0 aromatic heterocycles. The maximum absolute atomic E-state index is 8.63. The summed E-state index contributed by atoms with van der Waals surface area (Å²) in [4.78, 5) is 0. The normalized spacial score (nSPS) is 15.2. The Bertz CT molecular complexity index is 120. The quantitative estimate of drug-likeness (QED) is 0.241. The Morgan fingerprint density at radius 2 is 1.07 bits per heavy atom. The van der Waals surface area contributed by atoms with E-state index in [0.717, 1.165) is 0 Å². The van der Waals surface area contributed by atoms with E-state index in [0.29, 0.717) is 26.4 Å². The molecule has 6 N–H and O–H groups in total. The molecule has 0 spiro atoms. The average Bonchev–Trinajstić information content (AvgIpc) is 2.14. The molecular formula is C8H20N2O5. The van der Waals surface area contributed by atoms with Gasteiger partial charge in [-0.05, 0) is 0 Å². The van der Waals surface area contributed by atoms with Crippen LogP contribution in [0.2, 0.25) is 0 Å². The minimum atomic E-state index is -0.945. The molecule has 0 radical (unpaired) electrons.